The van der Waals surface area contributed by atoms with Gasteiger partial charge in [-0.15, -0.1) is 0 Å². The molecule has 3 rings (SSSR count). The van der Waals surface area contributed by atoms with Crippen LogP contribution in [0.4, 0.5) is 13.2 Å². The Kier molecular flexibility index (Phi) is 4.99. The van der Waals surface area contributed by atoms with Crippen molar-refractivity contribution in [2.45, 2.75) is 31.5 Å². The molecule has 0 aromatic carbocycles. The highest BCUT2D eigenvalue weighted by atomic mass is 19.4. The molecule has 1 saturated heterocycles. The van der Waals surface area contributed by atoms with Crippen LogP contribution < -0.4 is 5.32 Å². The van der Waals surface area contributed by atoms with Gasteiger partial charge in [-0.25, -0.2) is 4.98 Å². The molecule has 7 nitrogen and oxygen atoms in total. The average Bonchev–Trinajstić information content (AvgIpc) is 3.30. The first-order chi connectivity index (χ1) is 12.7. The van der Waals surface area contributed by atoms with Crippen LogP contribution in [0.25, 0.3) is 0 Å². The molecule has 0 saturated carbocycles. The van der Waals surface area contributed by atoms with Crippen LogP contribution in [-0.2, 0) is 10.3 Å². The first-order valence-corrected chi connectivity index (χ1v) is 8.40. The third-order valence-electron chi connectivity index (χ3n) is 4.80. The van der Waals surface area contributed by atoms with E-state index in [4.69, 9.17) is 4.42 Å². The van der Waals surface area contributed by atoms with Crippen molar-refractivity contribution in [3.63, 3.8) is 0 Å². The summed E-state index contributed by atoms with van der Waals surface area (Å²) < 4.78 is 44.3. The number of carbonyl (C=O) groups excluding carboxylic acids is 2. The van der Waals surface area contributed by atoms with E-state index in [1.165, 1.54) is 28.3 Å². The monoisotopic (exact) mass is 384 g/mol. The normalized spacial score (nSPS) is 17.0. The Balaban J connectivity index is 1.76. The lowest BCUT2D eigenvalue weighted by molar-refractivity contribution is -0.145. The summed E-state index contributed by atoms with van der Waals surface area (Å²) in [5.74, 6) is -0.807. The third kappa shape index (κ3) is 3.83. The Morgan fingerprint density at radius 3 is 2.56 bits per heavy atom. The van der Waals surface area contributed by atoms with Crippen molar-refractivity contribution < 1.29 is 27.2 Å². The number of likely N-dealkylation sites (tertiary alicyclic amines) is 1. The minimum atomic E-state index is -4.50. The molecule has 0 aliphatic carbocycles. The Labute approximate surface area is 153 Å². The van der Waals surface area contributed by atoms with E-state index in [9.17, 15) is 22.8 Å². The molecule has 0 unspecified atom stereocenters. The minimum Gasteiger partial charge on any atom is -0.459 e. The van der Waals surface area contributed by atoms with E-state index in [0.717, 1.165) is 0 Å². The Bertz CT molecular complexity index is 806. The van der Waals surface area contributed by atoms with Crippen LogP contribution in [0, 0.1) is 6.92 Å². The number of nitrogens with zero attached hydrogens (tertiary/aromatic N) is 3. The van der Waals surface area contributed by atoms with Crippen molar-refractivity contribution in [2.75, 3.05) is 19.6 Å². The second-order valence-electron chi connectivity index (χ2n) is 6.52. The van der Waals surface area contributed by atoms with E-state index in [1.807, 2.05) is 5.32 Å². The molecule has 10 heteroatoms. The van der Waals surface area contributed by atoms with Gasteiger partial charge in [0.2, 0.25) is 5.91 Å². The maximum Gasteiger partial charge on any atom is 0.405 e. The second kappa shape index (κ2) is 7.09. The molecule has 0 atom stereocenters. The summed E-state index contributed by atoms with van der Waals surface area (Å²) in [4.78, 5) is 30.7. The number of aryl methyl sites for hydroxylation is 1. The van der Waals surface area contributed by atoms with E-state index in [0.29, 0.717) is 5.56 Å². The summed E-state index contributed by atoms with van der Waals surface area (Å²) in [6.07, 6.45) is 1.66. The van der Waals surface area contributed by atoms with E-state index in [1.54, 1.807) is 19.2 Å². The zero-order valence-corrected chi connectivity index (χ0v) is 14.6. The smallest absolute Gasteiger partial charge is 0.405 e. The Morgan fingerprint density at radius 1 is 1.33 bits per heavy atom. The number of amides is 2. The van der Waals surface area contributed by atoms with Crippen LogP contribution in [0.5, 0.6) is 0 Å². The molecule has 3 heterocycles. The average molecular weight is 384 g/mol. The number of nitrogens with one attached hydrogen (secondary N) is 1. The van der Waals surface area contributed by atoms with Gasteiger partial charge >= 0.3 is 6.18 Å². The molecule has 2 aromatic heterocycles. The van der Waals surface area contributed by atoms with Crippen molar-refractivity contribution in [1.29, 1.82) is 0 Å². The van der Waals surface area contributed by atoms with Gasteiger partial charge in [-0.2, -0.15) is 13.2 Å². The fourth-order valence-corrected chi connectivity index (χ4v) is 3.28. The summed E-state index contributed by atoms with van der Waals surface area (Å²) in [6.45, 7) is 0.755. The predicted molar refractivity (Wildman–Crippen MR) is 87.8 cm³/mol. The number of aromatic nitrogens is 2. The summed E-state index contributed by atoms with van der Waals surface area (Å²) in [5.41, 5.74) is -0.522. The zero-order chi connectivity index (χ0) is 19.7. The van der Waals surface area contributed by atoms with Crippen molar-refractivity contribution in [3.8, 4) is 0 Å². The number of piperidine rings is 1. The summed E-state index contributed by atoms with van der Waals surface area (Å²) in [5, 5.41) is 1.97. The molecule has 2 aromatic rings. The van der Waals surface area contributed by atoms with Gasteiger partial charge in [-0.3, -0.25) is 9.59 Å². The number of halogens is 3. The van der Waals surface area contributed by atoms with E-state index in [-0.39, 0.29) is 37.6 Å². The molecular weight excluding hydrogens is 365 g/mol. The molecular formula is C17H19F3N4O3. The van der Waals surface area contributed by atoms with E-state index >= 15 is 0 Å². The van der Waals surface area contributed by atoms with Crippen molar-refractivity contribution in [3.05, 3.63) is 42.4 Å². The fourth-order valence-electron chi connectivity index (χ4n) is 3.28. The van der Waals surface area contributed by atoms with Gasteiger partial charge in [-0.1, -0.05) is 0 Å². The number of imidazole rings is 1. The molecule has 146 valence electrons. The minimum absolute atomic E-state index is 0.165. The van der Waals surface area contributed by atoms with Crippen LogP contribution in [0.2, 0.25) is 0 Å². The summed E-state index contributed by atoms with van der Waals surface area (Å²) in [6, 6.07) is 1.68. The lowest BCUT2D eigenvalue weighted by Crippen LogP contribution is -2.56. The second-order valence-corrected chi connectivity index (χ2v) is 6.52. The van der Waals surface area contributed by atoms with Crippen LogP contribution in [0.3, 0.4) is 0 Å². The first-order valence-electron chi connectivity index (χ1n) is 8.40. The largest absolute Gasteiger partial charge is 0.459 e. The highest BCUT2D eigenvalue weighted by molar-refractivity contribution is 5.93. The summed E-state index contributed by atoms with van der Waals surface area (Å²) >= 11 is 0. The standard InChI is InChI=1S/C17H19F3N4O3/c1-12-2-9-27-13(12)14(25)23-6-3-16(4-7-23,24-8-5-21-11-24)15(26)22-10-17(18,19)20/h2,5,8-9,11H,3-4,6-7,10H2,1H3,(H,22,26). The number of rotatable bonds is 4. The molecule has 2 amide bonds. The molecule has 1 N–H and O–H groups in total. The summed E-state index contributed by atoms with van der Waals surface area (Å²) in [7, 11) is 0. The number of furan rings is 1. The lowest BCUT2D eigenvalue weighted by atomic mass is 9.85. The molecule has 1 aliphatic rings. The lowest BCUT2D eigenvalue weighted by Gasteiger charge is -2.41. The van der Waals surface area contributed by atoms with Gasteiger partial charge in [0, 0.05) is 31.0 Å². The zero-order valence-electron chi connectivity index (χ0n) is 14.6. The maximum absolute atomic E-state index is 12.6. The van der Waals surface area contributed by atoms with Crippen LogP contribution in [-0.4, -0.2) is 52.1 Å². The SMILES string of the molecule is Cc1ccoc1C(=O)N1CCC(C(=O)NCC(F)(F)F)(n2ccnc2)CC1. The molecule has 0 bridgehead atoms. The predicted octanol–water partition coefficient (Wildman–Crippen LogP) is 2.09. The molecule has 0 radical (unpaired) electrons. The Hall–Kier alpha value is -2.78. The van der Waals surface area contributed by atoms with Crippen LogP contribution in [0.15, 0.2) is 35.5 Å². The highest BCUT2D eigenvalue weighted by Crippen LogP contribution is 2.32. The van der Waals surface area contributed by atoms with Gasteiger partial charge in [-0.05, 0) is 25.8 Å². The first kappa shape index (κ1) is 19.0. The van der Waals surface area contributed by atoms with Gasteiger partial charge in [0.05, 0.1) is 12.6 Å². The maximum atomic E-state index is 12.6. The molecule has 1 fully saturated rings. The van der Waals surface area contributed by atoms with E-state index < -0.39 is 24.2 Å². The van der Waals surface area contributed by atoms with Gasteiger partial charge in [0.1, 0.15) is 12.1 Å². The number of alkyl halides is 3. The quantitative estimate of drug-likeness (QED) is 0.876. The van der Waals surface area contributed by atoms with Gasteiger partial charge in [0.25, 0.3) is 5.91 Å². The highest BCUT2D eigenvalue weighted by Gasteiger charge is 2.45. The van der Waals surface area contributed by atoms with Crippen molar-refractivity contribution in [1.82, 2.24) is 19.8 Å². The van der Waals surface area contributed by atoms with Crippen molar-refractivity contribution in [2.24, 2.45) is 0 Å². The van der Waals surface area contributed by atoms with Crippen molar-refractivity contribution >= 4 is 11.8 Å². The van der Waals surface area contributed by atoms with E-state index in [2.05, 4.69) is 4.98 Å². The number of hydrogen-bond acceptors (Lipinski definition) is 4. The molecule has 27 heavy (non-hydrogen) atoms. The molecule has 0 spiro atoms. The van der Waals surface area contributed by atoms with Crippen LogP contribution >= 0.6 is 0 Å². The molecule has 1 aliphatic heterocycles. The topological polar surface area (TPSA) is 80.4 Å². The van der Waals surface area contributed by atoms with Gasteiger partial charge < -0.3 is 19.2 Å². The Morgan fingerprint density at radius 2 is 2.04 bits per heavy atom. The van der Waals surface area contributed by atoms with Crippen LogP contribution in [0.1, 0.15) is 29.0 Å². The van der Waals surface area contributed by atoms with Gasteiger partial charge in [0.15, 0.2) is 5.76 Å². The number of hydrogen-bond donors (Lipinski definition) is 1. The number of carbonyl (C=O) groups is 2. The fraction of sp³-hybridized carbons (Fsp3) is 0.471. The third-order valence-corrected chi connectivity index (χ3v) is 4.80.